The van der Waals surface area contributed by atoms with Gasteiger partial charge in [0, 0.05) is 12.1 Å². The molecule has 0 aromatic carbocycles. The second-order valence-electron chi connectivity index (χ2n) is 3.84. The molecule has 0 saturated heterocycles. The van der Waals surface area contributed by atoms with Crippen molar-refractivity contribution in [3.8, 4) is 0 Å². The summed E-state index contributed by atoms with van der Waals surface area (Å²) in [4.78, 5) is 4.12. The monoisotopic (exact) mass is 229 g/mol. The second kappa shape index (κ2) is 3.47. The van der Waals surface area contributed by atoms with Crippen LogP contribution in [0.2, 0.25) is 0 Å². The standard InChI is InChI=1S/C10H10F3N3/c1-6(2)9-14-8-4-3-7(10(11,12)13)5-16(8)15-9/h3-6H,1-2H3. The first-order chi connectivity index (χ1) is 7.38. The Labute approximate surface area is 89.9 Å². The molecule has 2 heterocycles. The molecule has 0 fully saturated rings. The van der Waals surface area contributed by atoms with Crippen molar-refractivity contribution in [2.24, 2.45) is 0 Å². The van der Waals surface area contributed by atoms with Gasteiger partial charge in [0.25, 0.3) is 0 Å². The van der Waals surface area contributed by atoms with Crippen LogP contribution in [0.15, 0.2) is 18.3 Å². The highest BCUT2D eigenvalue weighted by Gasteiger charge is 2.31. The Bertz CT molecular complexity index is 513. The van der Waals surface area contributed by atoms with Gasteiger partial charge in [-0.2, -0.15) is 18.3 Å². The molecular formula is C10H10F3N3. The molecule has 0 atom stereocenters. The van der Waals surface area contributed by atoms with Gasteiger partial charge >= 0.3 is 6.18 Å². The molecule has 2 aromatic rings. The third-order valence-corrected chi connectivity index (χ3v) is 2.19. The molecule has 0 unspecified atom stereocenters. The summed E-state index contributed by atoms with van der Waals surface area (Å²) >= 11 is 0. The van der Waals surface area contributed by atoms with Crippen LogP contribution in [0.5, 0.6) is 0 Å². The molecule has 86 valence electrons. The van der Waals surface area contributed by atoms with E-state index in [0.717, 1.165) is 16.8 Å². The number of hydrogen-bond donors (Lipinski definition) is 0. The fourth-order valence-corrected chi connectivity index (χ4v) is 1.31. The zero-order valence-electron chi connectivity index (χ0n) is 8.78. The van der Waals surface area contributed by atoms with Crippen LogP contribution in [-0.2, 0) is 6.18 Å². The molecule has 0 aliphatic rings. The van der Waals surface area contributed by atoms with E-state index in [0.29, 0.717) is 11.5 Å². The van der Waals surface area contributed by atoms with Crippen molar-refractivity contribution in [1.82, 2.24) is 14.6 Å². The van der Waals surface area contributed by atoms with Gasteiger partial charge in [-0.15, -0.1) is 0 Å². The maximum Gasteiger partial charge on any atom is 0.417 e. The second-order valence-corrected chi connectivity index (χ2v) is 3.84. The van der Waals surface area contributed by atoms with Crippen LogP contribution in [-0.4, -0.2) is 14.6 Å². The normalized spacial score (nSPS) is 12.6. The molecule has 0 spiro atoms. The number of alkyl halides is 3. The van der Waals surface area contributed by atoms with Gasteiger partial charge in [0.05, 0.1) is 5.56 Å². The van der Waals surface area contributed by atoms with Crippen LogP contribution in [0.1, 0.15) is 31.2 Å². The largest absolute Gasteiger partial charge is 0.417 e. The van der Waals surface area contributed by atoms with Crippen molar-refractivity contribution in [2.75, 3.05) is 0 Å². The molecule has 0 radical (unpaired) electrons. The summed E-state index contributed by atoms with van der Waals surface area (Å²) in [6.07, 6.45) is -3.40. The lowest BCUT2D eigenvalue weighted by atomic mass is 10.2. The number of nitrogens with zero attached hydrogens (tertiary/aromatic N) is 3. The maximum absolute atomic E-state index is 12.4. The highest BCUT2D eigenvalue weighted by Crippen LogP contribution is 2.29. The van der Waals surface area contributed by atoms with Crippen LogP contribution >= 0.6 is 0 Å². The van der Waals surface area contributed by atoms with Crippen LogP contribution in [0, 0.1) is 0 Å². The van der Waals surface area contributed by atoms with Crippen molar-refractivity contribution in [2.45, 2.75) is 25.9 Å². The minimum atomic E-state index is -4.35. The summed E-state index contributed by atoms with van der Waals surface area (Å²) < 4.78 is 38.4. The van der Waals surface area contributed by atoms with Crippen LogP contribution in [0.3, 0.4) is 0 Å². The highest BCUT2D eigenvalue weighted by atomic mass is 19.4. The predicted molar refractivity (Wildman–Crippen MR) is 52.1 cm³/mol. The molecule has 0 amide bonds. The summed E-state index contributed by atoms with van der Waals surface area (Å²) in [5.74, 6) is 0.633. The average Bonchev–Trinajstić information content (AvgIpc) is 2.58. The SMILES string of the molecule is CC(C)c1nc2ccc(C(F)(F)F)cn2n1. The minimum Gasteiger partial charge on any atom is -0.220 e. The van der Waals surface area contributed by atoms with Crippen molar-refractivity contribution in [1.29, 1.82) is 0 Å². The zero-order valence-corrected chi connectivity index (χ0v) is 8.78. The molecule has 0 aliphatic carbocycles. The summed E-state index contributed by atoms with van der Waals surface area (Å²) in [6, 6.07) is 2.33. The molecule has 3 nitrogen and oxygen atoms in total. The molecule has 16 heavy (non-hydrogen) atoms. The third-order valence-electron chi connectivity index (χ3n) is 2.19. The fourth-order valence-electron chi connectivity index (χ4n) is 1.31. The maximum atomic E-state index is 12.4. The predicted octanol–water partition coefficient (Wildman–Crippen LogP) is 2.87. The molecule has 0 saturated carbocycles. The molecule has 0 aliphatic heterocycles. The zero-order chi connectivity index (χ0) is 11.9. The molecule has 6 heteroatoms. The van der Waals surface area contributed by atoms with E-state index in [-0.39, 0.29) is 5.92 Å². The Kier molecular flexibility index (Phi) is 2.36. The number of pyridine rings is 1. The Balaban J connectivity index is 2.54. The fraction of sp³-hybridized carbons (Fsp3) is 0.400. The molecule has 0 N–H and O–H groups in total. The van der Waals surface area contributed by atoms with Gasteiger partial charge in [0.15, 0.2) is 11.5 Å². The number of aromatic nitrogens is 3. The van der Waals surface area contributed by atoms with Crippen molar-refractivity contribution in [3.63, 3.8) is 0 Å². The van der Waals surface area contributed by atoms with Crippen molar-refractivity contribution < 1.29 is 13.2 Å². The van der Waals surface area contributed by atoms with E-state index in [4.69, 9.17) is 0 Å². The van der Waals surface area contributed by atoms with Crippen molar-refractivity contribution in [3.05, 3.63) is 29.7 Å². The Morgan fingerprint density at radius 3 is 2.50 bits per heavy atom. The Morgan fingerprint density at radius 1 is 1.25 bits per heavy atom. The van der Waals surface area contributed by atoms with Crippen LogP contribution < -0.4 is 0 Å². The number of halogens is 3. The molecule has 0 bridgehead atoms. The minimum absolute atomic E-state index is 0.0919. The number of hydrogen-bond acceptors (Lipinski definition) is 2. The topological polar surface area (TPSA) is 30.2 Å². The quantitative estimate of drug-likeness (QED) is 0.752. The highest BCUT2D eigenvalue weighted by molar-refractivity contribution is 5.39. The lowest BCUT2D eigenvalue weighted by Gasteiger charge is -2.05. The lowest BCUT2D eigenvalue weighted by Crippen LogP contribution is -2.06. The van der Waals surface area contributed by atoms with E-state index in [1.165, 1.54) is 6.07 Å². The van der Waals surface area contributed by atoms with Crippen LogP contribution in [0.25, 0.3) is 5.65 Å². The van der Waals surface area contributed by atoms with E-state index in [1.807, 2.05) is 13.8 Å². The van der Waals surface area contributed by atoms with E-state index < -0.39 is 11.7 Å². The van der Waals surface area contributed by atoms with Gasteiger partial charge in [0.2, 0.25) is 0 Å². The Morgan fingerprint density at radius 2 is 1.94 bits per heavy atom. The molecular weight excluding hydrogens is 219 g/mol. The number of rotatable bonds is 1. The van der Waals surface area contributed by atoms with Gasteiger partial charge < -0.3 is 0 Å². The van der Waals surface area contributed by atoms with E-state index in [1.54, 1.807) is 0 Å². The van der Waals surface area contributed by atoms with E-state index in [2.05, 4.69) is 10.1 Å². The van der Waals surface area contributed by atoms with Crippen LogP contribution in [0.4, 0.5) is 13.2 Å². The van der Waals surface area contributed by atoms with Gasteiger partial charge in [0.1, 0.15) is 0 Å². The average molecular weight is 229 g/mol. The van der Waals surface area contributed by atoms with Gasteiger partial charge in [-0.25, -0.2) is 9.50 Å². The Hall–Kier alpha value is -1.59. The molecule has 2 aromatic heterocycles. The van der Waals surface area contributed by atoms with E-state index >= 15 is 0 Å². The smallest absolute Gasteiger partial charge is 0.220 e. The first kappa shape index (κ1) is 10.9. The van der Waals surface area contributed by atoms with Gasteiger partial charge in [-0.05, 0) is 12.1 Å². The van der Waals surface area contributed by atoms with Gasteiger partial charge in [-0.1, -0.05) is 13.8 Å². The summed E-state index contributed by atoms with van der Waals surface area (Å²) in [7, 11) is 0. The number of fused-ring (bicyclic) bond motifs is 1. The summed E-state index contributed by atoms with van der Waals surface area (Å²) in [6.45, 7) is 3.78. The first-order valence-electron chi connectivity index (χ1n) is 4.81. The van der Waals surface area contributed by atoms with Crippen molar-refractivity contribution >= 4 is 5.65 Å². The molecule has 2 rings (SSSR count). The van der Waals surface area contributed by atoms with Gasteiger partial charge in [-0.3, -0.25) is 0 Å². The third kappa shape index (κ3) is 1.87. The summed E-state index contributed by atoms with van der Waals surface area (Å²) in [5, 5.41) is 3.99. The first-order valence-corrected chi connectivity index (χ1v) is 4.81. The lowest BCUT2D eigenvalue weighted by molar-refractivity contribution is -0.137. The van der Waals surface area contributed by atoms with E-state index in [9.17, 15) is 13.2 Å². The summed E-state index contributed by atoms with van der Waals surface area (Å²) in [5.41, 5.74) is -0.295.